The van der Waals surface area contributed by atoms with E-state index in [4.69, 9.17) is 4.18 Å². The number of hydrogen-bond acceptors (Lipinski definition) is 3. The van der Waals surface area contributed by atoms with Crippen LogP contribution in [0.15, 0.2) is 0 Å². The number of hydrogen-bond donors (Lipinski definition) is 0. The van der Waals surface area contributed by atoms with Crippen LogP contribution in [0.4, 0.5) is 4.39 Å². The predicted molar refractivity (Wildman–Crippen MR) is 134 cm³/mol. The van der Waals surface area contributed by atoms with Crippen LogP contribution in [-0.4, -0.2) is 20.5 Å². The van der Waals surface area contributed by atoms with Crippen LogP contribution in [0, 0.1) is 0 Å². The van der Waals surface area contributed by atoms with Crippen molar-refractivity contribution in [3.05, 3.63) is 0 Å². The fourth-order valence-electron chi connectivity index (χ4n) is 3.95. The summed E-state index contributed by atoms with van der Waals surface area (Å²) in [5.74, 6) is 0. The molecular weight excluding hydrogens is 434 g/mol. The maximum Gasteiger partial charge on any atom is 1.00 e. The van der Waals surface area contributed by atoms with Crippen molar-refractivity contribution in [1.82, 2.24) is 0 Å². The summed E-state index contributed by atoms with van der Waals surface area (Å²) in [7, 11) is -4.05. The van der Waals surface area contributed by atoms with E-state index in [1.807, 2.05) is 0 Å². The number of halogens is 1. The molecule has 0 bridgehead atoms. The van der Waals surface area contributed by atoms with E-state index in [2.05, 4.69) is 13.8 Å². The summed E-state index contributed by atoms with van der Waals surface area (Å²) in [6, 6.07) is 0. The summed E-state index contributed by atoms with van der Waals surface area (Å²) in [5, 5.41) is 0. The molecular formula is C26H54FNaO3S. The SMILES string of the molecule is CCCCCCCCCCCCCCOS(=O)(=O)C(F)CCCCCCCCCCC.[H-].[Na+]. The van der Waals surface area contributed by atoms with Gasteiger partial charge in [0.25, 0.3) is 10.1 Å². The molecule has 0 radical (unpaired) electrons. The topological polar surface area (TPSA) is 43.4 Å². The first-order chi connectivity index (χ1) is 15.0. The van der Waals surface area contributed by atoms with Gasteiger partial charge in [0.05, 0.1) is 6.61 Å². The molecule has 0 N–H and O–H groups in total. The van der Waals surface area contributed by atoms with E-state index < -0.39 is 15.6 Å². The molecule has 6 heteroatoms. The van der Waals surface area contributed by atoms with Crippen molar-refractivity contribution in [2.45, 2.75) is 161 Å². The molecule has 0 aliphatic rings. The van der Waals surface area contributed by atoms with Gasteiger partial charge in [0.2, 0.25) is 5.50 Å². The first-order valence-corrected chi connectivity index (χ1v) is 15.0. The molecule has 1 unspecified atom stereocenters. The summed E-state index contributed by atoms with van der Waals surface area (Å²) in [5.41, 5.74) is -1.87. The van der Waals surface area contributed by atoms with Gasteiger partial charge in [-0.1, -0.05) is 136 Å². The van der Waals surface area contributed by atoms with Crippen molar-refractivity contribution in [2.24, 2.45) is 0 Å². The van der Waals surface area contributed by atoms with Crippen molar-refractivity contribution in [3.8, 4) is 0 Å². The monoisotopic (exact) mass is 488 g/mol. The summed E-state index contributed by atoms with van der Waals surface area (Å²) in [4.78, 5) is 0. The normalized spacial score (nSPS) is 12.6. The minimum atomic E-state index is -4.05. The van der Waals surface area contributed by atoms with Crippen LogP contribution in [0.25, 0.3) is 0 Å². The van der Waals surface area contributed by atoms with Gasteiger partial charge in [0.15, 0.2) is 0 Å². The van der Waals surface area contributed by atoms with Crippen molar-refractivity contribution in [1.29, 1.82) is 0 Å². The van der Waals surface area contributed by atoms with Crippen LogP contribution in [0.2, 0.25) is 0 Å². The minimum Gasteiger partial charge on any atom is -1.00 e. The molecule has 0 saturated heterocycles. The molecule has 0 spiro atoms. The van der Waals surface area contributed by atoms with Crippen LogP contribution < -0.4 is 29.6 Å². The Balaban J connectivity index is -0.00000450. The standard InChI is InChI=1S/C26H53FO3S.Na.H/c1-3-5-7-9-11-13-14-15-17-19-21-23-25-30-31(28,29)26(27)24-22-20-18-16-12-10-8-6-4-2;;/h26H,3-25H2,1-2H3;;/q;+1;-1. The third-order valence-corrected chi connectivity index (χ3v) is 7.45. The van der Waals surface area contributed by atoms with Gasteiger partial charge in [-0.3, -0.25) is 4.18 Å². The molecule has 0 amide bonds. The van der Waals surface area contributed by atoms with Gasteiger partial charge < -0.3 is 1.43 Å². The summed E-state index contributed by atoms with van der Waals surface area (Å²) in [6.45, 7) is 4.58. The van der Waals surface area contributed by atoms with E-state index in [9.17, 15) is 12.8 Å². The average Bonchev–Trinajstić information content (AvgIpc) is 2.75. The second-order valence-electron chi connectivity index (χ2n) is 9.23. The molecule has 0 aromatic rings. The van der Waals surface area contributed by atoms with Crippen molar-refractivity contribution >= 4 is 10.1 Å². The maximum absolute atomic E-state index is 14.0. The van der Waals surface area contributed by atoms with Crippen LogP contribution >= 0.6 is 0 Å². The number of alkyl halides is 1. The molecule has 0 heterocycles. The Labute approximate surface area is 224 Å². The van der Waals surface area contributed by atoms with E-state index in [1.54, 1.807) is 0 Å². The number of rotatable bonds is 25. The molecule has 0 rings (SSSR count). The largest absolute Gasteiger partial charge is 1.00 e. The van der Waals surface area contributed by atoms with Gasteiger partial charge in [-0.25, -0.2) is 4.39 Å². The van der Waals surface area contributed by atoms with Gasteiger partial charge >= 0.3 is 29.6 Å². The van der Waals surface area contributed by atoms with Gasteiger partial charge in [-0.15, -0.1) is 0 Å². The third kappa shape index (κ3) is 24.0. The first-order valence-electron chi connectivity index (χ1n) is 13.6. The molecule has 0 fully saturated rings. The minimum absolute atomic E-state index is 0. The maximum atomic E-state index is 14.0. The third-order valence-electron chi connectivity index (χ3n) is 6.09. The molecule has 1 atom stereocenters. The fourth-order valence-corrected chi connectivity index (χ4v) is 4.90. The summed E-state index contributed by atoms with van der Waals surface area (Å²) < 4.78 is 42.7. The van der Waals surface area contributed by atoms with Crippen molar-refractivity contribution in [2.75, 3.05) is 6.61 Å². The molecule has 3 nitrogen and oxygen atoms in total. The van der Waals surface area contributed by atoms with E-state index in [0.717, 1.165) is 25.7 Å². The molecule has 190 valence electrons. The molecule has 0 aliphatic carbocycles. The Kier molecular flexibility index (Phi) is 28.9. The molecule has 0 aromatic heterocycles. The van der Waals surface area contributed by atoms with Gasteiger partial charge in [-0.2, -0.15) is 8.42 Å². The Hall–Kier alpha value is 0.840. The van der Waals surface area contributed by atoms with E-state index in [-0.39, 0.29) is 44.0 Å². The van der Waals surface area contributed by atoms with Gasteiger partial charge in [0, 0.05) is 0 Å². The average molecular weight is 489 g/mol. The Morgan fingerprint density at radius 1 is 0.594 bits per heavy atom. The van der Waals surface area contributed by atoms with E-state index in [0.29, 0.717) is 12.8 Å². The van der Waals surface area contributed by atoms with E-state index in [1.165, 1.54) is 96.3 Å². The smallest absolute Gasteiger partial charge is 1.00 e. The Morgan fingerprint density at radius 3 is 1.28 bits per heavy atom. The first kappa shape index (κ1) is 35.0. The zero-order chi connectivity index (χ0) is 23.0. The molecule has 32 heavy (non-hydrogen) atoms. The van der Waals surface area contributed by atoms with Gasteiger partial charge in [-0.05, 0) is 19.3 Å². The van der Waals surface area contributed by atoms with Crippen LogP contribution in [0.5, 0.6) is 0 Å². The second kappa shape index (κ2) is 26.4. The van der Waals surface area contributed by atoms with Crippen LogP contribution in [-0.2, 0) is 14.3 Å². The zero-order valence-electron chi connectivity index (χ0n) is 22.9. The van der Waals surface area contributed by atoms with Crippen LogP contribution in [0.3, 0.4) is 0 Å². The van der Waals surface area contributed by atoms with Crippen molar-refractivity contribution < 1.29 is 48.0 Å². The molecule has 0 saturated carbocycles. The Bertz CT molecular complexity index is 466. The quantitative estimate of drug-likeness (QED) is 0.0852. The number of unbranched alkanes of at least 4 members (excludes halogenated alkanes) is 19. The summed E-state index contributed by atoms with van der Waals surface area (Å²) in [6.07, 6.45) is 24.8. The predicted octanol–water partition coefficient (Wildman–Crippen LogP) is 6.37. The fraction of sp³-hybridized carbons (Fsp3) is 1.00. The van der Waals surface area contributed by atoms with Gasteiger partial charge in [0.1, 0.15) is 0 Å². The molecule has 0 aliphatic heterocycles. The molecule has 0 aromatic carbocycles. The van der Waals surface area contributed by atoms with Crippen LogP contribution in [0.1, 0.15) is 157 Å². The zero-order valence-corrected chi connectivity index (χ0v) is 24.7. The Morgan fingerprint density at radius 2 is 0.906 bits per heavy atom. The van der Waals surface area contributed by atoms with Crippen molar-refractivity contribution in [3.63, 3.8) is 0 Å². The van der Waals surface area contributed by atoms with E-state index >= 15 is 0 Å². The summed E-state index contributed by atoms with van der Waals surface area (Å²) >= 11 is 0. The second-order valence-corrected chi connectivity index (χ2v) is 11.0.